The van der Waals surface area contributed by atoms with Gasteiger partial charge in [0.15, 0.2) is 5.58 Å². The Morgan fingerprint density at radius 1 is 1.09 bits per heavy atom. The standard InChI is InChI=1S/C27H31N5O2/c1-26(2)16-31(3)19-14-27(30-25(19)29-26)15-28-23-21(34-27)13-18(32-11-7-4-8-12-32)24-22(23)17-9-5-6-10-20(17)33-24/h5-6,9-10,13-14,28H,4,7-8,11-12,15-16H2,1-3H3,(H,29,30). The summed E-state index contributed by atoms with van der Waals surface area (Å²) in [6.45, 7) is 7.91. The van der Waals surface area contributed by atoms with Crippen molar-refractivity contribution in [3.05, 3.63) is 42.1 Å². The maximum atomic E-state index is 6.82. The second-order valence-electron chi connectivity index (χ2n) is 10.7. The van der Waals surface area contributed by atoms with Gasteiger partial charge in [-0.05, 0) is 39.2 Å². The number of aliphatic imine (C=N–C) groups is 1. The zero-order valence-electron chi connectivity index (χ0n) is 20.1. The summed E-state index contributed by atoms with van der Waals surface area (Å²) in [5.41, 5.74) is 4.31. The van der Waals surface area contributed by atoms with Crippen molar-refractivity contribution in [3.63, 3.8) is 0 Å². The van der Waals surface area contributed by atoms with Gasteiger partial charge in [-0.15, -0.1) is 0 Å². The summed E-state index contributed by atoms with van der Waals surface area (Å²) in [7, 11) is 2.13. The number of anilines is 2. The lowest BCUT2D eigenvalue weighted by Crippen LogP contribution is -2.55. The van der Waals surface area contributed by atoms with E-state index in [1.54, 1.807) is 0 Å². The Morgan fingerprint density at radius 3 is 2.76 bits per heavy atom. The van der Waals surface area contributed by atoms with Gasteiger partial charge in [0.2, 0.25) is 5.72 Å². The number of furan rings is 1. The fourth-order valence-electron chi connectivity index (χ4n) is 6.06. The van der Waals surface area contributed by atoms with Gasteiger partial charge in [0.1, 0.15) is 17.2 Å². The van der Waals surface area contributed by atoms with Crippen molar-refractivity contribution >= 4 is 39.1 Å². The van der Waals surface area contributed by atoms with Crippen molar-refractivity contribution in [2.75, 3.05) is 43.4 Å². The van der Waals surface area contributed by atoms with Crippen LogP contribution in [0.1, 0.15) is 33.1 Å². The van der Waals surface area contributed by atoms with Gasteiger partial charge in [-0.25, -0.2) is 0 Å². The summed E-state index contributed by atoms with van der Waals surface area (Å²) in [4.78, 5) is 9.70. The van der Waals surface area contributed by atoms with Crippen LogP contribution >= 0.6 is 0 Å². The lowest BCUT2D eigenvalue weighted by Gasteiger charge is -2.37. The Bertz CT molecular complexity index is 1380. The summed E-state index contributed by atoms with van der Waals surface area (Å²) >= 11 is 0. The van der Waals surface area contributed by atoms with Gasteiger partial charge in [-0.3, -0.25) is 4.99 Å². The molecule has 176 valence electrons. The molecule has 2 aromatic carbocycles. The molecule has 0 amide bonds. The van der Waals surface area contributed by atoms with Gasteiger partial charge in [0.05, 0.1) is 34.5 Å². The first-order chi connectivity index (χ1) is 16.4. The van der Waals surface area contributed by atoms with E-state index in [4.69, 9.17) is 14.1 Å². The molecule has 1 spiro atoms. The fraction of sp³-hybridized carbons (Fsp3) is 0.444. The van der Waals surface area contributed by atoms with Crippen LogP contribution in [0.25, 0.3) is 21.9 Å². The average molecular weight is 458 g/mol. The third-order valence-corrected chi connectivity index (χ3v) is 7.50. The number of hydrogen-bond donors (Lipinski definition) is 2. The molecule has 0 radical (unpaired) electrons. The Labute approximate surface area is 199 Å². The molecule has 1 saturated heterocycles. The molecule has 0 aliphatic carbocycles. The number of para-hydroxylation sites is 1. The number of ether oxygens (including phenoxy) is 1. The van der Waals surface area contributed by atoms with Crippen LogP contribution in [0.15, 0.2) is 51.5 Å². The first-order valence-electron chi connectivity index (χ1n) is 12.4. The second kappa shape index (κ2) is 6.84. The van der Waals surface area contributed by atoms with Crippen molar-refractivity contribution in [1.82, 2.24) is 10.2 Å². The van der Waals surface area contributed by atoms with Crippen LogP contribution in [0.2, 0.25) is 0 Å². The van der Waals surface area contributed by atoms with Gasteiger partial charge in [-0.2, -0.15) is 0 Å². The molecule has 0 saturated carbocycles. The molecule has 3 aromatic rings. The fourth-order valence-corrected chi connectivity index (χ4v) is 6.06. The summed E-state index contributed by atoms with van der Waals surface area (Å²) < 4.78 is 13.3. The number of benzene rings is 2. The minimum Gasteiger partial charge on any atom is -0.460 e. The van der Waals surface area contributed by atoms with E-state index in [1.807, 2.05) is 6.07 Å². The van der Waals surface area contributed by atoms with E-state index in [0.29, 0.717) is 6.54 Å². The Hall–Kier alpha value is -3.35. The Balaban J connectivity index is 1.38. The zero-order chi connectivity index (χ0) is 23.1. The highest BCUT2D eigenvalue weighted by Gasteiger charge is 2.46. The zero-order valence-corrected chi connectivity index (χ0v) is 20.1. The van der Waals surface area contributed by atoms with Gasteiger partial charge in [0, 0.05) is 44.2 Å². The second-order valence-corrected chi connectivity index (χ2v) is 10.7. The van der Waals surface area contributed by atoms with E-state index in [-0.39, 0.29) is 5.54 Å². The first kappa shape index (κ1) is 20.1. The van der Waals surface area contributed by atoms with Crippen LogP contribution < -0.4 is 20.3 Å². The lowest BCUT2D eigenvalue weighted by molar-refractivity contribution is 0.115. The minimum atomic E-state index is -0.664. The van der Waals surface area contributed by atoms with E-state index in [9.17, 15) is 0 Å². The predicted octanol–water partition coefficient (Wildman–Crippen LogP) is 4.69. The van der Waals surface area contributed by atoms with Gasteiger partial charge >= 0.3 is 0 Å². The molecule has 1 unspecified atom stereocenters. The van der Waals surface area contributed by atoms with E-state index in [1.165, 1.54) is 19.3 Å². The molecule has 1 fully saturated rings. The van der Waals surface area contributed by atoms with Crippen LogP contribution in [0.5, 0.6) is 5.75 Å². The van der Waals surface area contributed by atoms with Crippen LogP contribution in [0, 0.1) is 0 Å². The molecular formula is C27H31N5O2. The molecule has 5 heterocycles. The maximum Gasteiger partial charge on any atom is 0.221 e. The Morgan fingerprint density at radius 2 is 1.91 bits per heavy atom. The lowest BCUT2D eigenvalue weighted by atomic mass is 10.0. The number of hydrogen-bond acceptors (Lipinski definition) is 7. The number of likely N-dealkylation sites (N-methyl/N-ethyl adjacent to an activating group) is 1. The first-order valence-corrected chi connectivity index (χ1v) is 12.4. The van der Waals surface area contributed by atoms with Gasteiger partial charge < -0.3 is 29.6 Å². The quantitative estimate of drug-likeness (QED) is 0.553. The molecule has 7 heteroatoms. The molecule has 34 heavy (non-hydrogen) atoms. The normalized spacial score (nSPS) is 25.4. The summed E-state index contributed by atoms with van der Waals surface area (Å²) in [5, 5.41) is 9.55. The molecule has 2 N–H and O–H groups in total. The number of fused-ring (bicyclic) bond motifs is 6. The highest BCUT2D eigenvalue weighted by molar-refractivity contribution is 6.17. The molecular weight excluding hydrogens is 426 g/mol. The number of piperidine rings is 1. The van der Waals surface area contributed by atoms with Crippen LogP contribution in [0.4, 0.5) is 11.4 Å². The minimum absolute atomic E-state index is 0.136. The monoisotopic (exact) mass is 457 g/mol. The van der Waals surface area contributed by atoms with Crippen LogP contribution in [0.3, 0.4) is 0 Å². The summed E-state index contributed by atoms with van der Waals surface area (Å²) in [5.74, 6) is 1.77. The van der Waals surface area contributed by atoms with Crippen molar-refractivity contribution in [2.24, 2.45) is 4.99 Å². The van der Waals surface area contributed by atoms with Crippen molar-refractivity contribution in [1.29, 1.82) is 0 Å². The number of amidine groups is 1. The molecule has 1 aromatic heterocycles. The molecule has 4 aliphatic rings. The largest absolute Gasteiger partial charge is 0.460 e. The molecule has 0 bridgehead atoms. The number of nitrogens with one attached hydrogen (secondary N) is 2. The summed E-state index contributed by atoms with van der Waals surface area (Å²) in [6.07, 6.45) is 5.89. The van der Waals surface area contributed by atoms with E-state index < -0.39 is 5.72 Å². The van der Waals surface area contributed by atoms with Crippen molar-refractivity contribution < 1.29 is 9.15 Å². The molecule has 7 rings (SSSR count). The van der Waals surface area contributed by atoms with E-state index >= 15 is 0 Å². The molecule has 4 aliphatic heterocycles. The van der Waals surface area contributed by atoms with Gasteiger partial charge in [0.25, 0.3) is 0 Å². The topological polar surface area (TPSA) is 65.3 Å². The van der Waals surface area contributed by atoms with Crippen molar-refractivity contribution in [2.45, 2.75) is 44.4 Å². The number of nitrogens with zero attached hydrogens (tertiary/aromatic N) is 3. The highest BCUT2D eigenvalue weighted by atomic mass is 16.5. The Kier molecular flexibility index (Phi) is 4.04. The number of rotatable bonds is 1. The van der Waals surface area contributed by atoms with Crippen LogP contribution in [-0.2, 0) is 0 Å². The smallest absolute Gasteiger partial charge is 0.221 e. The third kappa shape index (κ3) is 2.92. The van der Waals surface area contributed by atoms with E-state index in [2.05, 4.69) is 71.7 Å². The third-order valence-electron chi connectivity index (χ3n) is 7.50. The summed E-state index contributed by atoms with van der Waals surface area (Å²) in [6, 6.07) is 10.5. The van der Waals surface area contributed by atoms with Gasteiger partial charge in [-0.1, -0.05) is 18.2 Å². The predicted molar refractivity (Wildman–Crippen MR) is 137 cm³/mol. The highest BCUT2D eigenvalue weighted by Crippen LogP contribution is 2.48. The molecule has 1 atom stereocenters. The van der Waals surface area contributed by atoms with Crippen LogP contribution in [-0.4, -0.2) is 55.2 Å². The van der Waals surface area contributed by atoms with Crippen molar-refractivity contribution in [3.8, 4) is 5.75 Å². The molecule has 7 nitrogen and oxygen atoms in total. The average Bonchev–Trinajstić information content (AvgIpc) is 3.37. The SMILES string of the molecule is CN1CC(C)(C)N=C2NC3(C=C21)CNc1c(cc(N2CCCCC2)c2oc4ccccc4c12)O3. The maximum absolute atomic E-state index is 6.82. The van der Waals surface area contributed by atoms with E-state index in [0.717, 1.165) is 70.2 Å².